The average molecular weight is 359 g/mol. The first-order chi connectivity index (χ1) is 11.5. The summed E-state index contributed by atoms with van der Waals surface area (Å²) < 4.78 is 38.4. The van der Waals surface area contributed by atoms with Crippen molar-refractivity contribution in [1.82, 2.24) is 25.3 Å². The zero-order valence-corrected chi connectivity index (χ0v) is 12.7. The Labute approximate surface area is 138 Å². The van der Waals surface area contributed by atoms with Crippen LogP contribution in [-0.4, -0.2) is 54.2 Å². The van der Waals surface area contributed by atoms with Gasteiger partial charge in [0, 0.05) is 6.20 Å². The van der Waals surface area contributed by atoms with E-state index in [1.54, 1.807) is 0 Å². The van der Waals surface area contributed by atoms with E-state index >= 15 is 0 Å². The molecule has 0 aliphatic carbocycles. The van der Waals surface area contributed by atoms with Crippen molar-refractivity contribution in [3.63, 3.8) is 0 Å². The number of carbonyl (C=O) groups is 2. The largest absolute Gasteiger partial charge is 0.479 e. The summed E-state index contributed by atoms with van der Waals surface area (Å²) in [5.41, 5.74) is -3.34. The molecule has 0 aromatic carbocycles. The minimum atomic E-state index is -4.53. The van der Waals surface area contributed by atoms with Crippen molar-refractivity contribution < 1.29 is 33.0 Å². The van der Waals surface area contributed by atoms with Crippen molar-refractivity contribution in [2.24, 2.45) is 0 Å². The van der Waals surface area contributed by atoms with Gasteiger partial charge < -0.3 is 15.5 Å². The number of carbonyl (C=O) groups excluding carboxylic acids is 1. The van der Waals surface area contributed by atoms with Gasteiger partial charge in [-0.05, 0) is 19.1 Å². The van der Waals surface area contributed by atoms with E-state index in [1.165, 1.54) is 0 Å². The number of nitrogens with one attached hydrogen (secondary N) is 1. The Morgan fingerprint density at radius 2 is 2.00 bits per heavy atom. The summed E-state index contributed by atoms with van der Waals surface area (Å²) in [6.45, 7) is 0.422. The van der Waals surface area contributed by atoms with Crippen LogP contribution in [0.2, 0.25) is 0 Å². The summed E-state index contributed by atoms with van der Waals surface area (Å²) in [6, 6.07) is 1.85. The molecule has 0 fully saturated rings. The molecule has 0 radical (unpaired) electrons. The number of pyridine rings is 1. The second kappa shape index (κ2) is 6.47. The Kier molecular flexibility index (Phi) is 4.74. The first-order valence-electron chi connectivity index (χ1n) is 6.70. The molecule has 1 amide bonds. The summed E-state index contributed by atoms with van der Waals surface area (Å²) in [4.78, 5) is 26.2. The summed E-state index contributed by atoms with van der Waals surface area (Å²) >= 11 is 0. The molecule has 0 bridgehead atoms. The Bertz CT molecular complexity index is 786. The third-order valence-corrected chi connectivity index (χ3v) is 3.09. The van der Waals surface area contributed by atoms with Gasteiger partial charge in [-0.25, -0.2) is 14.5 Å². The molecule has 3 N–H and O–H groups in total. The smallest absolute Gasteiger partial charge is 0.417 e. The van der Waals surface area contributed by atoms with Gasteiger partial charge in [0.2, 0.25) is 0 Å². The van der Waals surface area contributed by atoms with Crippen molar-refractivity contribution in [1.29, 1.82) is 0 Å². The van der Waals surface area contributed by atoms with Gasteiger partial charge in [-0.15, -0.1) is 5.10 Å². The normalized spacial score (nSPS) is 14.0. The Balaban J connectivity index is 2.09. The van der Waals surface area contributed by atoms with E-state index in [0.717, 1.165) is 29.9 Å². The standard InChI is InChI=1S/C13H12F3N5O4/c1-12(25,11(23)24)6-18-10(22)8-5-21(20-19-8)9-3-2-7(4-17-9)13(14,15)16/h2-5,25H,6H2,1H3,(H,18,22)(H,23,24). The molecule has 0 aliphatic rings. The maximum Gasteiger partial charge on any atom is 0.417 e. The average Bonchev–Trinajstić information content (AvgIpc) is 3.02. The lowest BCUT2D eigenvalue weighted by atomic mass is 10.1. The van der Waals surface area contributed by atoms with E-state index in [0.29, 0.717) is 6.20 Å². The molecule has 0 aliphatic heterocycles. The quantitative estimate of drug-likeness (QED) is 0.697. The molecule has 134 valence electrons. The van der Waals surface area contributed by atoms with E-state index in [9.17, 15) is 27.9 Å². The highest BCUT2D eigenvalue weighted by atomic mass is 19.4. The van der Waals surface area contributed by atoms with Crippen LogP contribution in [0.4, 0.5) is 13.2 Å². The van der Waals surface area contributed by atoms with E-state index in [2.05, 4.69) is 20.6 Å². The van der Waals surface area contributed by atoms with Gasteiger partial charge >= 0.3 is 12.1 Å². The monoisotopic (exact) mass is 359 g/mol. The fourth-order valence-corrected chi connectivity index (χ4v) is 1.59. The molecule has 2 aromatic heterocycles. The maximum absolute atomic E-state index is 12.5. The lowest BCUT2D eigenvalue weighted by molar-refractivity contribution is -0.155. The first kappa shape index (κ1) is 18.3. The van der Waals surface area contributed by atoms with Crippen LogP contribution in [0, 0.1) is 0 Å². The molecular weight excluding hydrogens is 347 g/mol. The van der Waals surface area contributed by atoms with Crippen LogP contribution in [0.15, 0.2) is 24.5 Å². The van der Waals surface area contributed by atoms with Crippen molar-refractivity contribution in [3.8, 4) is 5.82 Å². The van der Waals surface area contributed by atoms with E-state index in [-0.39, 0.29) is 11.5 Å². The molecule has 0 saturated carbocycles. The summed E-state index contributed by atoms with van der Waals surface area (Å²) in [5, 5.41) is 27.5. The summed E-state index contributed by atoms with van der Waals surface area (Å²) in [7, 11) is 0. The Hall–Kier alpha value is -3.02. The SMILES string of the molecule is CC(O)(CNC(=O)c1cn(-c2ccc(C(F)(F)F)cn2)nn1)C(=O)O. The van der Waals surface area contributed by atoms with Crippen molar-refractivity contribution in [3.05, 3.63) is 35.8 Å². The van der Waals surface area contributed by atoms with Crippen molar-refractivity contribution in [2.45, 2.75) is 18.7 Å². The van der Waals surface area contributed by atoms with Crippen LogP contribution >= 0.6 is 0 Å². The molecule has 12 heteroatoms. The second-order valence-corrected chi connectivity index (χ2v) is 5.21. The number of aliphatic hydroxyl groups is 1. The van der Waals surface area contributed by atoms with Crippen LogP contribution in [0.25, 0.3) is 5.82 Å². The van der Waals surface area contributed by atoms with Crippen molar-refractivity contribution in [2.75, 3.05) is 6.54 Å². The number of aliphatic carboxylic acids is 1. The molecule has 25 heavy (non-hydrogen) atoms. The minimum Gasteiger partial charge on any atom is -0.479 e. The molecule has 1 unspecified atom stereocenters. The number of amides is 1. The maximum atomic E-state index is 12.5. The topological polar surface area (TPSA) is 130 Å². The van der Waals surface area contributed by atoms with Gasteiger partial charge in [-0.3, -0.25) is 4.79 Å². The molecule has 9 nitrogen and oxygen atoms in total. The number of hydrogen-bond acceptors (Lipinski definition) is 6. The minimum absolute atomic E-state index is 0.00270. The van der Waals surface area contributed by atoms with E-state index < -0.39 is 35.8 Å². The van der Waals surface area contributed by atoms with Crippen LogP contribution in [-0.2, 0) is 11.0 Å². The number of halogens is 3. The second-order valence-electron chi connectivity index (χ2n) is 5.21. The number of rotatable bonds is 5. The third kappa shape index (κ3) is 4.29. The van der Waals surface area contributed by atoms with Crippen LogP contribution in [0.5, 0.6) is 0 Å². The van der Waals surface area contributed by atoms with Crippen LogP contribution < -0.4 is 5.32 Å². The summed E-state index contributed by atoms with van der Waals surface area (Å²) in [5.74, 6) is -2.35. The first-order valence-corrected chi connectivity index (χ1v) is 6.70. The number of carboxylic acid groups (broad SMARTS) is 1. The number of hydrogen-bond donors (Lipinski definition) is 3. The van der Waals surface area contributed by atoms with Crippen LogP contribution in [0.3, 0.4) is 0 Å². The number of nitrogens with zero attached hydrogens (tertiary/aromatic N) is 4. The predicted molar refractivity (Wildman–Crippen MR) is 74.7 cm³/mol. The zero-order valence-electron chi connectivity index (χ0n) is 12.7. The highest BCUT2D eigenvalue weighted by Crippen LogP contribution is 2.28. The fourth-order valence-electron chi connectivity index (χ4n) is 1.59. The number of alkyl halides is 3. The molecule has 2 aromatic rings. The van der Waals surface area contributed by atoms with E-state index in [4.69, 9.17) is 5.11 Å². The van der Waals surface area contributed by atoms with Crippen molar-refractivity contribution >= 4 is 11.9 Å². The van der Waals surface area contributed by atoms with Gasteiger partial charge in [0.15, 0.2) is 17.1 Å². The fraction of sp³-hybridized carbons (Fsp3) is 0.308. The highest BCUT2D eigenvalue weighted by Gasteiger charge is 2.31. The van der Waals surface area contributed by atoms with Gasteiger partial charge in [0.25, 0.3) is 5.91 Å². The molecule has 0 saturated heterocycles. The van der Waals surface area contributed by atoms with Gasteiger partial charge in [0.05, 0.1) is 18.3 Å². The van der Waals surface area contributed by atoms with E-state index in [1.807, 2.05) is 0 Å². The predicted octanol–water partition coefficient (Wildman–Crippen LogP) is 0.246. The van der Waals surface area contributed by atoms with Gasteiger partial charge in [-0.2, -0.15) is 13.2 Å². The zero-order chi connectivity index (χ0) is 18.8. The summed E-state index contributed by atoms with van der Waals surface area (Å²) in [6.07, 6.45) is -2.82. The Morgan fingerprint density at radius 1 is 1.32 bits per heavy atom. The molecular formula is C13H12F3N5O4. The molecule has 2 heterocycles. The number of aromatic nitrogens is 4. The molecule has 2 rings (SSSR count). The lowest BCUT2D eigenvalue weighted by Crippen LogP contribution is -2.46. The number of carboxylic acids is 1. The van der Waals surface area contributed by atoms with Gasteiger partial charge in [0.1, 0.15) is 0 Å². The molecule has 0 spiro atoms. The molecule has 1 atom stereocenters. The Morgan fingerprint density at radius 3 is 2.52 bits per heavy atom. The lowest BCUT2D eigenvalue weighted by Gasteiger charge is -2.17. The van der Waals surface area contributed by atoms with Crippen LogP contribution in [0.1, 0.15) is 23.0 Å². The van der Waals surface area contributed by atoms with Gasteiger partial charge in [-0.1, -0.05) is 5.21 Å². The highest BCUT2D eigenvalue weighted by molar-refractivity contribution is 5.92. The third-order valence-electron chi connectivity index (χ3n) is 3.09.